The summed E-state index contributed by atoms with van der Waals surface area (Å²) in [7, 11) is 0.858. The second-order valence-electron chi connectivity index (χ2n) is 5.53. The minimum absolute atomic E-state index is 0.495. The van der Waals surface area contributed by atoms with Gasteiger partial charge in [0.1, 0.15) is 8.24 Å². The highest BCUT2D eigenvalue weighted by Crippen LogP contribution is 2.07. The van der Waals surface area contributed by atoms with Gasteiger partial charge < -0.3 is 4.23 Å². The number of hydrogen-bond donors (Lipinski definition) is 0. The van der Waals surface area contributed by atoms with E-state index in [1.54, 1.807) is 0 Å². The molecule has 0 bridgehead atoms. The lowest BCUT2D eigenvalue weighted by atomic mass is 10.2. The van der Waals surface area contributed by atoms with E-state index in [9.17, 15) is 0 Å². The summed E-state index contributed by atoms with van der Waals surface area (Å²) in [4.78, 5) is 0. The summed E-state index contributed by atoms with van der Waals surface area (Å²) < 4.78 is 2.63. The summed E-state index contributed by atoms with van der Waals surface area (Å²) in [6, 6.07) is 10.3. The first kappa shape index (κ1) is 15.6. The maximum Gasteiger partial charge on any atom is 0.111 e. The Balaban J connectivity index is 0.000000288. The summed E-state index contributed by atoms with van der Waals surface area (Å²) in [6.45, 7) is 14.1. The normalized spacial score (nSPS) is 11.3. The van der Waals surface area contributed by atoms with Crippen molar-refractivity contribution in [3.63, 3.8) is 0 Å². The van der Waals surface area contributed by atoms with Crippen molar-refractivity contribution in [1.82, 2.24) is 4.23 Å². The van der Waals surface area contributed by atoms with Crippen molar-refractivity contribution >= 4 is 17.2 Å². The zero-order valence-corrected chi connectivity index (χ0v) is 14.1. The van der Waals surface area contributed by atoms with E-state index in [1.165, 1.54) is 5.56 Å². The summed E-state index contributed by atoms with van der Waals surface area (Å²) >= 11 is 0. The third kappa shape index (κ3) is 6.98. The molecule has 0 saturated heterocycles. The van der Waals surface area contributed by atoms with Crippen LogP contribution in [0.4, 0.5) is 0 Å². The molecule has 0 saturated carbocycles. The van der Waals surface area contributed by atoms with Crippen LogP contribution in [0.3, 0.4) is 0 Å². The van der Waals surface area contributed by atoms with Crippen LogP contribution >= 0.6 is 0 Å². The third-order valence-electron chi connectivity index (χ3n) is 2.77. The molecular weight excluding hydrogens is 226 g/mol. The zero-order chi connectivity index (χ0) is 12.8. The summed E-state index contributed by atoms with van der Waals surface area (Å²) in [5, 5.41) is 0. The van der Waals surface area contributed by atoms with Crippen LogP contribution < -0.4 is 0 Å². The van der Waals surface area contributed by atoms with Crippen LogP contribution in [0.15, 0.2) is 30.3 Å². The molecule has 0 aliphatic rings. The smallest absolute Gasteiger partial charge is 0.111 e. The first-order chi connectivity index (χ1) is 7.25. The van der Waals surface area contributed by atoms with Gasteiger partial charge in [-0.05, 0) is 14.0 Å². The van der Waals surface area contributed by atoms with Gasteiger partial charge in [-0.2, -0.15) is 0 Å². The number of hydrogen-bond acceptors (Lipinski definition) is 1. The van der Waals surface area contributed by atoms with E-state index >= 15 is 0 Å². The predicted octanol–water partition coefficient (Wildman–Crippen LogP) is 3.73. The van der Waals surface area contributed by atoms with Crippen LogP contribution in [0.1, 0.15) is 5.56 Å². The van der Waals surface area contributed by atoms with E-state index in [0.717, 1.165) is 0 Å². The van der Waals surface area contributed by atoms with Crippen LogP contribution in [0.25, 0.3) is 0 Å². The minimum atomic E-state index is -0.929. The molecule has 0 atom stereocenters. The van der Waals surface area contributed by atoms with Crippen molar-refractivity contribution in [3.05, 3.63) is 35.9 Å². The summed E-state index contributed by atoms with van der Waals surface area (Å²) in [6.07, 6.45) is 0. The summed E-state index contributed by atoms with van der Waals surface area (Å²) in [5.74, 6) is 0. The van der Waals surface area contributed by atoms with Gasteiger partial charge in [0.05, 0.1) is 8.96 Å². The average Bonchev–Trinajstić information content (AvgIpc) is 2.17. The van der Waals surface area contributed by atoms with Gasteiger partial charge in [-0.3, -0.25) is 0 Å². The Kier molecular flexibility index (Phi) is 6.87. The van der Waals surface area contributed by atoms with Gasteiger partial charge in [0.15, 0.2) is 0 Å². The minimum Gasteiger partial charge on any atom is -0.351 e. The molecule has 0 amide bonds. The van der Waals surface area contributed by atoms with Gasteiger partial charge >= 0.3 is 0 Å². The number of rotatable bonds is 2. The molecule has 1 rings (SSSR count). The third-order valence-corrected chi connectivity index (χ3v) is 10.3. The van der Waals surface area contributed by atoms with E-state index in [0.29, 0.717) is 0 Å². The molecule has 0 aliphatic heterocycles. The Morgan fingerprint density at radius 1 is 1.00 bits per heavy atom. The topological polar surface area (TPSA) is 3.24 Å². The fourth-order valence-corrected chi connectivity index (χ4v) is 7.51. The second-order valence-corrected chi connectivity index (χ2v) is 14.1. The monoisotopic (exact) mass is 253 g/mol. The molecule has 0 spiro atoms. The molecule has 0 N–H and O–H groups in total. The predicted molar refractivity (Wildman–Crippen MR) is 81.2 cm³/mol. The van der Waals surface area contributed by atoms with E-state index in [-0.39, 0.29) is 0 Å². The van der Waals surface area contributed by atoms with Crippen LogP contribution in [0.5, 0.6) is 0 Å². The van der Waals surface area contributed by atoms with Gasteiger partial charge in [-0.25, -0.2) is 0 Å². The summed E-state index contributed by atoms with van der Waals surface area (Å²) in [5.41, 5.74) is 1.32. The first-order valence-corrected chi connectivity index (χ1v) is 12.3. The fraction of sp³-hybridized carbons (Fsp3) is 0.538. The van der Waals surface area contributed by atoms with Crippen LogP contribution in [0.2, 0.25) is 32.7 Å². The lowest BCUT2D eigenvalue weighted by Crippen LogP contribution is -2.49. The molecule has 92 valence electrons. The molecule has 0 fully saturated rings. The highest BCUT2D eigenvalue weighted by atomic mass is 28.4. The maximum atomic E-state index is 2.63. The van der Waals surface area contributed by atoms with Gasteiger partial charge in [0, 0.05) is 0 Å². The van der Waals surface area contributed by atoms with Crippen molar-refractivity contribution in [2.75, 3.05) is 7.05 Å². The Morgan fingerprint density at radius 3 is 1.56 bits per heavy atom. The second kappa shape index (κ2) is 7.04. The highest BCUT2D eigenvalue weighted by molar-refractivity contribution is 6.82. The molecule has 0 aromatic heterocycles. The lowest BCUT2D eigenvalue weighted by Gasteiger charge is -2.33. The standard InChI is InChI=1S/C7H8.C6H19NSi2/c1-7-5-3-2-4-6-7;1-7(8(2)3)9(4,5)6/h2-6H,1H3;8H,1-6H3. The van der Waals surface area contributed by atoms with E-state index in [1.807, 2.05) is 18.2 Å². The van der Waals surface area contributed by atoms with Crippen molar-refractivity contribution in [3.8, 4) is 0 Å². The molecule has 1 nitrogen and oxygen atoms in total. The first-order valence-electron chi connectivity index (χ1n) is 5.99. The molecule has 0 aliphatic carbocycles. The fourth-order valence-electron chi connectivity index (χ4n) is 1.31. The molecule has 16 heavy (non-hydrogen) atoms. The molecule has 1 aromatic rings. The van der Waals surface area contributed by atoms with E-state index in [4.69, 9.17) is 0 Å². The largest absolute Gasteiger partial charge is 0.351 e. The Morgan fingerprint density at radius 2 is 1.44 bits per heavy atom. The van der Waals surface area contributed by atoms with Crippen molar-refractivity contribution in [1.29, 1.82) is 0 Å². The molecule has 1 aromatic carbocycles. The average molecular weight is 254 g/mol. The van der Waals surface area contributed by atoms with Crippen molar-refractivity contribution < 1.29 is 0 Å². The maximum absolute atomic E-state index is 2.63. The lowest BCUT2D eigenvalue weighted by molar-refractivity contribution is 0.784. The van der Waals surface area contributed by atoms with Crippen LogP contribution in [-0.4, -0.2) is 28.5 Å². The Bertz CT molecular complexity index is 278. The molecule has 0 unspecified atom stereocenters. The van der Waals surface area contributed by atoms with Gasteiger partial charge in [0.25, 0.3) is 0 Å². The van der Waals surface area contributed by atoms with Crippen molar-refractivity contribution in [2.24, 2.45) is 0 Å². The van der Waals surface area contributed by atoms with Crippen LogP contribution in [0, 0.1) is 6.92 Å². The van der Waals surface area contributed by atoms with Gasteiger partial charge in [-0.1, -0.05) is 68.6 Å². The number of aryl methyl sites for hydroxylation is 1. The number of benzene rings is 1. The number of nitrogens with zero attached hydrogens (tertiary/aromatic N) is 1. The Labute approximate surface area is 104 Å². The van der Waals surface area contributed by atoms with Crippen LogP contribution in [-0.2, 0) is 0 Å². The molecular formula is C13H27NSi2. The van der Waals surface area contributed by atoms with E-state index in [2.05, 4.69) is 63.1 Å². The molecule has 0 heterocycles. The SMILES string of the molecule is CN([SiH](C)C)[Si](C)(C)C.Cc1ccccc1. The molecule has 0 radical (unpaired) electrons. The van der Waals surface area contributed by atoms with Crippen molar-refractivity contribution in [2.45, 2.75) is 39.7 Å². The quantitative estimate of drug-likeness (QED) is 0.726. The van der Waals surface area contributed by atoms with Gasteiger partial charge in [-0.15, -0.1) is 0 Å². The Hall–Kier alpha value is -0.386. The highest BCUT2D eigenvalue weighted by Gasteiger charge is 2.21. The van der Waals surface area contributed by atoms with Gasteiger partial charge in [0.2, 0.25) is 0 Å². The van der Waals surface area contributed by atoms with E-state index < -0.39 is 17.2 Å². The zero-order valence-electron chi connectivity index (χ0n) is 11.9. The molecule has 3 heteroatoms.